The van der Waals surface area contributed by atoms with Crippen molar-refractivity contribution in [1.29, 1.82) is 0 Å². The predicted molar refractivity (Wildman–Crippen MR) is 102 cm³/mol. The van der Waals surface area contributed by atoms with E-state index < -0.39 is 0 Å². The third-order valence-electron chi connectivity index (χ3n) is 5.08. The number of nitrogens with zero attached hydrogens (tertiary/aromatic N) is 1. The Morgan fingerprint density at radius 2 is 1.85 bits per heavy atom. The van der Waals surface area contributed by atoms with E-state index in [1.807, 2.05) is 41.8 Å². The summed E-state index contributed by atoms with van der Waals surface area (Å²) >= 11 is 1.84. The highest BCUT2D eigenvalue weighted by atomic mass is 32.2. The van der Waals surface area contributed by atoms with E-state index in [-0.39, 0.29) is 23.7 Å². The first-order chi connectivity index (χ1) is 12.7. The molecule has 1 aliphatic carbocycles. The summed E-state index contributed by atoms with van der Waals surface area (Å²) in [5.74, 6) is 0.189. The standard InChI is InChI=1S/C20H27NO4S/c1-2-25-20(23)18-13-16(26-14-15-6-4-3-5-7-15)12-17(18)19(22)21-8-10-24-11-9-21/h3-7,16-18H,2,8-14H2,1H3. The summed E-state index contributed by atoms with van der Waals surface area (Å²) in [6.45, 7) is 4.56. The minimum absolute atomic E-state index is 0.0918. The van der Waals surface area contributed by atoms with Crippen LogP contribution in [0, 0.1) is 11.8 Å². The third kappa shape index (κ3) is 4.80. The van der Waals surface area contributed by atoms with Crippen LogP contribution in [-0.4, -0.2) is 54.9 Å². The maximum absolute atomic E-state index is 13.0. The van der Waals surface area contributed by atoms with Crippen molar-refractivity contribution < 1.29 is 19.1 Å². The van der Waals surface area contributed by atoms with Gasteiger partial charge in [0.1, 0.15) is 0 Å². The molecule has 1 aromatic carbocycles. The number of esters is 1. The van der Waals surface area contributed by atoms with E-state index in [9.17, 15) is 9.59 Å². The number of amides is 1. The van der Waals surface area contributed by atoms with Crippen LogP contribution in [0.5, 0.6) is 0 Å². The van der Waals surface area contributed by atoms with Crippen LogP contribution in [0.3, 0.4) is 0 Å². The zero-order valence-electron chi connectivity index (χ0n) is 15.3. The number of hydrogen-bond acceptors (Lipinski definition) is 5. The van der Waals surface area contributed by atoms with E-state index in [1.54, 1.807) is 0 Å². The molecule has 1 amide bonds. The van der Waals surface area contributed by atoms with Crippen molar-refractivity contribution in [3.8, 4) is 0 Å². The van der Waals surface area contributed by atoms with Gasteiger partial charge in [0.25, 0.3) is 0 Å². The van der Waals surface area contributed by atoms with Gasteiger partial charge in [0, 0.05) is 24.1 Å². The minimum atomic E-state index is -0.321. The number of rotatable bonds is 6. The van der Waals surface area contributed by atoms with Gasteiger partial charge in [-0.15, -0.1) is 0 Å². The molecule has 142 valence electrons. The van der Waals surface area contributed by atoms with Gasteiger partial charge >= 0.3 is 5.97 Å². The van der Waals surface area contributed by atoms with Gasteiger partial charge in [0.15, 0.2) is 0 Å². The molecule has 2 fully saturated rings. The molecule has 2 aliphatic rings. The number of ether oxygens (including phenoxy) is 2. The van der Waals surface area contributed by atoms with Crippen LogP contribution in [0.15, 0.2) is 30.3 Å². The second-order valence-electron chi connectivity index (χ2n) is 6.79. The molecule has 3 rings (SSSR count). The first-order valence-corrected chi connectivity index (χ1v) is 10.4. The lowest BCUT2D eigenvalue weighted by atomic mass is 9.94. The van der Waals surface area contributed by atoms with Crippen molar-refractivity contribution in [1.82, 2.24) is 4.90 Å². The molecule has 0 spiro atoms. The zero-order chi connectivity index (χ0) is 18.4. The van der Waals surface area contributed by atoms with Crippen LogP contribution in [0.25, 0.3) is 0 Å². The van der Waals surface area contributed by atoms with E-state index in [2.05, 4.69) is 12.1 Å². The Bertz CT molecular complexity index is 603. The highest BCUT2D eigenvalue weighted by Gasteiger charge is 2.45. The molecular weight excluding hydrogens is 350 g/mol. The van der Waals surface area contributed by atoms with Gasteiger partial charge < -0.3 is 14.4 Å². The molecule has 0 bridgehead atoms. The SMILES string of the molecule is CCOC(=O)C1CC(SCc2ccccc2)CC1C(=O)N1CCOCC1. The number of carbonyl (C=O) groups excluding carboxylic acids is 2. The van der Waals surface area contributed by atoms with Crippen LogP contribution in [0.4, 0.5) is 0 Å². The molecule has 3 atom stereocenters. The summed E-state index contributed by atoms with van der Waals surface area (Å²) in [6.07, 6.45) is 1.47. The molecule has 5 nitrogen and oxygen atoms in total. The molecule has 26 heavy (non-hydrogen) atoms. The van der Waals surface area contributed by atoms with Gasteiger partial charge in [-0.05, 0) is 25.3 Å². The Hall–Kier alpha value is -1.53. The second kappa shape index (κ2) is 9.42. The van der Waals surface area contributed by atoms with Gasteiger partial charge in [-0.25, -0.2) is 0 Å². The first kappa shape index (κ1) is 19.2. The van der Waals surface area contributed by atoms with E-state index in [0.29, 0.717) is 38.2 Å². The fourth-order valence-electron chi connectivity index (χ4n) is 3.72. The Kier molecular flexibility index (Phi) is 6.97. The van der Waals surface area contributed by atoms with Crippen molar-refractivity contribution in [3.63, 3.8) is 0 Å². The maximum atomic E-state index is 13.0. The quantitative estimate of drug-likeness (QED) is 0.714. The maximum Gasteiger partial charge on any atom is 0.309 e. The van der Waals surface area contributed by atoms with E-state index >= 15 is 0 Å². The van der Waals surface area contributed by atoms with Gasteiger partial charge in [0.2, 0.25) is 5.91 Å². The fourth-order valence-corrected chi connectivity index (χ4v) is 5.02. The van der Waals surface area contributed by atoms with Crippen molar-refractivity contribution in [2.45, 2.75) is 30.8 Å². The van der Waals surface area contributed by atoms with Crippen LogP contribution in [0.1, 0.15) is 25.3 Å². The lowest BCUT2D eigenvalue weighted by Crippen LogP contribution is -2.45. The Labute approximate surface area is 159 Å². The highest BCUT2D eigenvalue weighted by molar-refractivity contribution is 7.99. The zero-order valence-corrected chi connectivity index (χ0v) is 16.1. The summed E-state index contributed by atoms with van der Waals surface area (Å²) < 4.78 is 10.6. The highest BCUT2D eigenvalue weighted by Crippen LogP contribution is 2.41. The van der Waals surface area contributed by atoms with E-state index in [4.69, 9.17) is 9.47 Å². The predicted octanol–water partition coefficient (Wildman–Crippen LogP) is 2.74. The van der Waals surface area contributed by atoms with E-state index in [1.165, 1.54) is 5.56 Å². The van der Waals surface area contributed by atoms with Gasteiger partial charge in [0.05, 0.1) is 31.7 Å². The Morgan fingerprint density at radius 1 is 1.15 bits per heavy atom. The van der Waals surface area contributed by atoms with Crippen molar-refractivity contribution >= 4 is 23.6 Å². The fraction of sp³-hybridized carbons (Fsp3) is 0.600. The number of benzene rings is 1. The Morgan fingerprint density at radius 3 is 2.54 bits per heavy atom. The Balaban J connectivity index is 1.64. The third-order valence-corrected chi connectivity index (χ3v) is 6.43. The van der Waals surface area contributed by atoms with Crippen molar-refractivity contribution in [2.75, 3.05) is 32.9 Å². The summed E-state index contributed by atoms with van der Waals surface area (Å²) in [4.78, 5) is 27.3. The van der Waals surface area contributed by atoms with Crippen LogP contribution < -0.4 is 0 Å². The topological polar surface area (TPSA) is 55.8 Å². The lowest BCUT2D eigenvalue weighted by Gasteiger charge is -2.30. The second-order valence-corrected chi connectivity index (χ2v) is 8.08. The molecule has 0 aromatic heterocycles. The van der Waals surface area contributed by atoms with Crippen molar-refractivity contribution in [2.24, 2.45) is 11.8 Å². The number of thioether (sulfide) groups is 1. The summed E-state index contributed by atoms with van der Waals surface area (Å²) in [6, 6.07) is 10.3. The van der Waals surface area contributed by atoms with E-state index in [0.717, 1.165) is 18.6 Å². The number of morpholine rings is 1. The molecule has 1 heterocycles. The van der Waals surface area contributed by atoms with Crippen molar-refractivity contribution in [3.05, 3.63) is 35.9 Å². The summed E-state index contributed by atoms with van der Waals surface area (Å²) in [5, 5.41) is 0.305. The molecule has 0 N–H and O–H groups in total. The average Bonchev–Trinajstić information content (AvgIpc) is 3.12. The number of carbonyl (C=O) groups is 2. The van der Waals surface area contributed by atoms with Gasteiger partial charge in [-0.1, -0.05) is 30.3 Å². The summed E-state index contributed by atoms with van der Waals surface area (Å²) in [7, 11) is 0. The summed E-state index contributed by atoms with van der Waals surface area (Å²) in [5.41, 5.74) is 1.27. The van der Waals surface area contributed by atoms with Gasteiger partial charge in [-0.3, -0.25) is 9.59 Å². The molecule has 3 unspecified atom stereocenters. The average molecular weight is 378 g/mol. The minimum Gasteiger partial charge on any atom is -0.466 e. The number of hydrogen-bond donors (Lipinski definition) is 0. The molecule has 6 heteroatoms. The first-order valence-electron chi connectivity index (χ1n) is 9.37. The lowest BCUT2D eigenvalue weighted by molar-refractivity contribution is -0.154. The molecule has 1 aliphatic heterocycles. The molecule has 0 radical (unpaired) electrons. The monoisotopic (exact) mass is 377 g/mol. The molecule has 1 saturated heterocycles. The van der Waals surface area contributed by atoms with Crippen LogP contribution in [0.2, 0.25) is 0 Å². The molecular formula is C20H27NO4S. The molecule has 1 aromatic rings. The molecule has 1 saturated carbocycles. The van der Waals surface area contributed by atoms with Crippen LogP contribution >= 0.6 is 11.8 Å². The van der Waals surface area contributed by atoms with Gasteiger partial charge in [-0.2, -0.15) is 11.8 Å². The largest absolute Gasteiger partial charge is 0.466 e. The normalized spacial score (nSPS) is 25.9. The smallest absolute Gasteiger partial charge is 0.309 e. The van der Waals surface area contributed by atoms with Crippen LogP contribution in [-0.2, 0) is 24.8 Å².